The first-order valence-electron chi connectivity index (χ1n) is 8.12. The monoisotopic (exact) mass is 345 g/mol. The van der Waals surface area contributed by atoms with E-state index in [1.807, 2.05) is 12.1 Å². The SMILES string of the molecule is O=C(/C=C/c1ccc(-c2ccc(F)cc2)s1)NC1CCC(O)CC1. The molecule has 1 aliphatic rings. The molecule has 2 N–H and O–H groups in total. The molecule has 1 fully saturated rings. The highest BCUT2D eigenvalue weighted by Gasteiger charge is 2.19. The molecule has 126 valence electrons. The standard InChI is InChI=1S/C19H20FNO2S/c20-14-3-1-13(2-4-14)18-11-9-17(24-18)10-12-19(23)21-15-5-7-16(22)8-6-15/h1-4,9-12,15-16,22H,5-8H2,(H,21,23)/b12-10+. The number of halogens is 1. The van der Waals surface area contributed by atoms with Gasteiger partial charge in [0.2, 0.25) is 5.91 Å². The lowest BCUT2D eigenvalue weighted by Gasteiger charge is -2.25. The van der Waals surface area contributed by atoms with Crippen molar-refractivity contribution in [2.45, 2.75) is 37.8 Å². The van der Waals surface area contributed by atoms with Crippen LogP contribution in [-0.4, -0.2) is 23.2 Å². The Labute approximate surface area is 144 Å². The number of benzene rings is 1. The minimum atomic E-state index is -0.248. The number of hydrogen-bond donors (Lipinski definition) is 2. The van der Waals surface area contributed by atoms with Crippen molar-refractivity contribution < 1.29 is 14.3 Å². The zero-order valence-electron chi connectivity index (χ0n) is 13.2. The van der Waals surface area contributed by atoms with E-state index in [2.05, 4.69) is 5.32 Å². The fraction of sp³-hybridized carbons (Fsp3) is 0.316. The average Bonchev–Trinajstić information content (AvgIpc) is 3.05. The van der Waals surface area contributed by atoms with Gasteiger partial charge in [0, 0.05) is 21.9 Å². The summed E-state index contributed by atoms with van der Waals surface area (Å²) in [5.41, 5.74) is 0.964. The molecule has 1 amide bonds. The van der Waals surface area contributed by atoms with Crippen molar-refractivity contribution in [1.29, 1.82) is 0 Å². The predicted octanol–water partition coefficient (Wildman–Crippen LogP) is 3.99. The summed E-state index contributed by atoms with van der Waals surface area (Å²) in [4.78, 5) is 14.0. The van der Waals surface area contributed by atoms with Crippen LogP contribution in [-0.2, 0) is 4.79 Å². The molecule has 0 saturated heterocycles. The lowest BCUT2D eigenvalue weighted by atomic mass is 9.93. The molecule has 1 heterocycles. The molecule has 0 unspecified atom stereocenters. The second-order valence-electron chi connectivity index (χ2n) is 6.06. The van der Waals surface area contributed by atoms with Gasteiger partial charge in [-0.15, -0.1) is 11.3 Å². The Morgan fingerprint density at radius 1 is 1.12 bits per heavy atom. The molecule has 1 saturated carbocycles. The van der Waals surface area contributed by atoms with Crippen molar-refractivity contribution in [3.63, 3.8) is 0 Å². The third-order valence-corrected chi connectivity index (χ3v) is 5.30. The van der Waals surface area contributed by atoms with Gasteiger partial charge >= 0.3 is 0 Å². The smallest absolute Gasteiger partial charge is 0.244 e. The molecule has 1 aromatic heterocycles. The van der Waals surface area contributed by atoms with Crippen molar-refractivity contribution in [2.24, 2.45) is 0 Å². The summed E-state index contributed by atoms with van der Waals surface area (Å²) < 4.78 is 13.0. The van der Waals surface area contributed by atoms with Gasteiger partial charge < -0.3 is 10.4 Å². The number of aliphatic hydroxyl groups is 1. The quantitative estimate of drug-likeness (QED) is 0.823. The van der Waals surface area contributed by atoms with Crippen molar-refractivity contribution in [1.82, 2.24) is 5.32 Å². The summed E-state index contributed by atoms with van der Waals surface area (Å²) in [6.07, 6.45) is 6.28. The average molecular weight is 345 g/mol. The molecule has 5 heteroatoms. The second kappa shape index (κ2) is 7.73. The molecule has 1 aliphatic carbocycles. The van der Waals surface area contributed by atoms with Crippen LogP contribution in [0, 0.1) is 5.82 Å². The van der Waals surface area contributed by atoms with Crippen LogP contribution >= 0.6 is 11.3 Å². The molecule has 0 spiro atoms. The number of hydrogen-bond acceptors (Lipinski definition) is 3. The number of carbonyl (C=O) groups is 1. The van der Waals surface area contributed by atoms with Crippen LogP contribution in [0.5, 0.6) is 0 Å². The highest BCUT2D eigenvalue weighted by Crippen LogP contribution is 2.29. The fourth-order valence-corrected chi connectivity index (χ4v) is 3.76. The third kappa shape index (κ3) is 4.52. The van der Waals surface area contributed by atoms with Gasteiger partial charge in [0.1, 0.15) is 5.82 Å². The Morgan fingerprint density at radius 2 is 1.83 bits per heavy atom. The Hall–Kier alpha value is -1.98. The fourth-order valence-electron chi connectivity index (χ4n) is 2.84. The van der Waals surface area contributed by atoms with Crippen LogP contribution in [0.15, 0.2) is 42.5 Å². The molecular formula is C19H20FNO2S. The van der Waals surface area contributed by atoms with Gasteiger partial charge in [-0.1, -0.05) is 12.1 Å². The molecule has 2 aromatic rings. The zero-order valence-corrected chi connectivity index (χ0v) is 14.1. The Kier molecular flexibility index (Phi) is 5.43. The first-order valence-corrected chi connectivity index (χ1v) is 8.94. The van der Waals surface area contributed by atoms with Crippen LogP contribution < -0.4 is 5.32 Å². The van der Waals surface area contributed by atoms with Gasteiger partial charge in [0.25, 0.3) is 0 Å². The lowest BCUT2D eigenvalue weighted by Crippen LogP contribution is -2.37. The molecule has 1 aromatic carbocycles. The van der Waals surface area contributed by atoms with E-state index in [0.717, 1.165) is 41.0 Å². The van der Waals surface area contributed by atoms with E-state index in [1.165, 1.54) is 12.1 Å². The van der Waals surface area contributed by atoms with Gasteiger partial charge in [-0.3, -0.25) is 4.79 Å². The lowest BCUT2D eigenvalue weighted by molar-refractivity contribution is -0.117. The number of amides is 1. The number of carbonyl (C=O) groups excluding carboxylic acids is 1. The number of nitrogens with one attached hydrogen (secondary N) is 1. The molecular weight excluding hydrogens is 325 g/mol. The van der Waals surface area contributed by atoms with E-state index in [1.54, 1.807) is 35.6 Å². The predicted molar refractivity (Wildman–Crippen MR) is 95.2 cm³/mol. The van der Waals surface area contributed by atoms with Crippen molar-refractivity contribution in [2.75, 3.05) is 0 Å². The maximum atomic E-state index is 13.0. The van der Waals surface area contributed by atoms with Crippen LogP contribution in [0.2, 0.25) is 0 Å². The second-order valence-corrected chi connectivity index (χ2v) is 7.17. The van der Waals surface area contributed by atoms with Gasteiger partial charge in [-0.25, -0.2) is 4.39 Å². The summed E-state index contributed by atoms with van der Waals surface area (Å²) in [7, 11) is 0. The third-order valence-electron chi connectivity index (χ3n) is 4.20. The van der Waals surface area contributed by atoms with Gasteiger partial charge in [-0.05, 0) is 61.6 Å². The Morgan fingerprint density at radius 3 is 2.54 bits per heavy atom. The molecule has 0 atom stereocenters. The van der Waals surface area contributed by atoms with Crippen LogP contribution in [0.25, 0.3) is 16.5 Å². The molecule has 3 nitrogen and oxygen atoms in total. The molecule has 0 bridgehead atoms. The first-order chi connectivity index (χ1) is 11.6. The van der Waals surface area contributed by atoms with Crippen LogP contribution in [0.3, 0.4) is 0 Å². The summed E-state index contributed by atoms with van der Waals surface area (Å²) in [5, 5.41) is 12.5. The van der Waals surface area contributed by atoms with Crippen molar-refractivity contribution in [3.05, 3.63) is 53.2 Å². The highest BCUT2D eigenvalue weighted by atomic mass is 32.1. The van der Waals surface area contributed by atoms with E-state index in [-0.39, 0.29) is 23.9 Å². The number of thiophene rings is 1. The number of rotatable bonds is 4. The number of aliphatic hydroxyl groups excluding tert-OH is 1. The van der Waals surface area contributed by atoms with E-state index in [4.69, 9.17) is 0 Å². The summed E-state index contributed by atoms with van der Waals surface area (Å²) >= 11 is 1.56. The van der Waals surface area contributed by atoms with Crippen molar-refractivity contribution in [3.8, 4) is 10.4 Å². The van der Waals surface area contributed by atoms with Gasteiger partial charge in [0.15, 0.2) is 0 Å². The van der Waals surface area contributed by atoms with E-state index >= 15 is 0 Å². The van der Waals surface area contributed by atoms with E-state index in [9.17, 15) is 14.3 Å². The summed E-state index contributed by atoms with van der Waals surface area (Å²) in [6.45, 7) is 0. The van der Waals surface area contributed by atoms with Crippen molar-refractivity contribution >= 4 is 23.3 Å². The maximum absolute atomic E-state index is 13.0. The first kappa shape index (κ1) is 16.9. The maximum Gasteiger partial charge on any atom is 0.244 e. The summed E-state index contributed by atoms with van der Waals surface area (Å²) in [6, 6.07) is 10.5. The largest absolute Gasteiger partial charge is 0.393 e. The van der Waals surface area contributed by atoms with E-state index < -0.39 is 0 Å². The highest BCUT2D eigenvalue weighted by molar-refractivity contribution is 7.16. The minimum Gasteiger partial charge on any atom is -0.393 e. The van der Waals surface area contributed by atoms with E-state index in [0.29, 0.717) is 0 Å². The molecule has 0 aliphatic heterocycles. The van der Waals surface area contributed by atoms with Crippen LogP contribution in [0.1, 0.15) is 30.6 Å². The zero-order chi connectivity index (χ0) is 16.9. The summed E-state index contributed by atoms with van der Waals surface area (Å²) in [5.74, 6) is -0.351. The molecule has 24 heavy (non-hydrogen) atoms. The minimum absolute atomic E-state index is 0.104. The molecule has 3 rings (SSSR count). The van der Waals surface area contributed by atoms with Gasteiger partial charge in [0.05, 0.1) is 6.10 Å². The Bertz CT molecular complexity index is 715. The molecule has 0 radical (unpaired) electrons. The topological polar surface area (TPSA) is 49.3 Å². The van der Waals surface area contributed by atoms with Gasteiger partial charge in [-0.2, -0.15) is 0 Å². The van der Waals surface area contributed by atoms with Crippen LogP contribution in [0.4, 0.5) is 4.39 Å². The Balaban J connectivity index is 1.56. The normalized spacial score (nSPS) is 21.1.